The third kappa shape index (κ3) is 3.87. The van der Waals surface area contributed by atoms with Crippen LogP contribution in [0.2, 0.25) is 0 Å². The zero-order valence-corrected chi connectivity index (χ0v) is 17.1. The van der Waals surface area contributed by atoms with Gasteiger partial charge in [0.05, 0.1) is 11.1 Å². The average Bonchev–Trinajstić information content (AvgIpc) is 3.19. The predicted molar refractivity (Wildman–Crippen MR) is 115 cm³/mol. The normalized spacial score (nSPS) is 10.9. The van der Waals surface area contributed by atoms with Crippen molar-refractivity contribution < 1.29 is 18.7 Å². The van der Waals surface area contributed by atoms with E-state index in [0.717, 1.165) is 16.9 Å². The lowest BCUT2D eigenvalue weighted by atomic mass is 10.0. The molecule has 2 aromatic carbocycles. The van der Waals surface area contributed by atoms with E-state index in [9.17, 15) is 9.59 Å². The summed E-state index contributed by atoms with van der Waals surface area (Å²) in [6.45, 7) is 5.30. The lowest BCUT2D eigenvalue weighted by Crippen LogP contribution is -2.16. The number of Topliss-reactive ketones (excluding diaryl/α,β-unsaturated/α-hetero) is 1. The summed E-state index contributed by atoms with van der Waals surface area (Å²) in [7, 11) is 0. The van der Waals surface area contributed by atoms with Crippen LogP contribution in [-0.2, 0) is 4.74 Å². The molecule has 0 unspecified atom stereocenters. The molecular weight excluding hydrogens is 378 g/mol. The first-order chi connectivity index (χ1) is 14.4. The van der Waals surface area contributed by atoms with E-state index in [2.05, 4.69) is 4.98 Å². The van der Waals surface area contributed by atoms with E-state index in [4.69, 9.17) is 9.15 Å². The van der Waals surface area contributed by atoms with Crippen molar-refractivity contribution in [1.29, 1.82) is 0 Å². The summed E-state index contributed by atoms with van der Waals surface area (Å²) in [6.07, 6.45) is 0. The molecular formula is C25H21NO4. The third-order valence-corrected chi connectivity index (χ3v) is 4.96. The highest BCUT2D eigenvalue weighted by Crippen LogP contribution is 2.26. The maximum absolute atomic E-state index is 12.9. The molecule has 2 heterocycles. The molecule has 0 N–H and O–H groups in total. The van der Waals surface area contributed by atoms with Crippen LogP contribution in [0.15, 0.2) is 65.1 Å². The number of carbonyl (C=O) groups is 2. The third-order valence-electron chi connectivity index (χ3n) is 4.96. The van der Waals surface area contributed by atoms with Crippen LogP contribution in [0.1, 0.15) is 37.6 Å². The van der Waals surface area contributed by atoms with Gasteiger partial charge in [-0.1, -0.05) is 35.9 Å². The van der Waals surface area contributed by atoms with Crippen molar-refractivity contribution in [3.8, 4) is 11.5 Å². The summed E-state index contributed by atoms with van der Waals surface area (Å²) in [6, 6.07) is 18.3. The minimum Gasteiger partial charge on any atom is -0.460 e. The molecule has 0 fully saturated rings. The molecule has 2 aromatic heterocycles. The Kier molecular flexibility index (Phi) is 5.19. The molecule has 0 bridgehead atoms. The van der Waals surface area contributed by atoms with E-state index in [1.807, 2.05) is 75.4 Å². The van der Waals surface area contributed by atoms with Crippen LogP contribution in [0.25, 0.3) is 22.4 Å². The molecule has 150 valence electrons. The van der Waals surface area contributed by atoms with Crippen LogP contribution in [-0.4, -0.2) is 23.3 Å². The summed E-state index contributed by atoms with van der Waals surface area (Å²) < 4.78 is 11.1. The Morgan fingerprint density at radius 1 is 0.933 bits per heavy atom. The molecule has 4 aromatic rings. The van der Waals surface area contributed by atoms with Crippen molar-refractivity contribution >= 4 is 22.7 Å². The fourth-order valence-corrected chi connectivity index (χ4v) is 3.37. The highest BCUT2D eigenvalue weighted by molar-refractivity contribution is 6.06. The van der Waals surface area contributed by atoms with Gasteiger partial charge in [-0.15, -0.1) is 0 Å². The Morgan fingerprint density at radius 3 is 2.50 bits per heavy atom. The van der Waals surface area contributed by atoms with E-state index < -0.39 is 5.97 Å². The van der Waals surface area contributed by atoms with Crippen molar-refractivity contribution in [2.45, 2.75) is 20.8 Å². The van der Waals surface area contributed by atoms with Crippen molar-refractivity contribution in [2.24, 2.45) is 0 Å². The fourth-order valence-electron chi connectivity index (χ4n) is 3.37. The maximum Gasteiger partial charge on any atom is 0.339 e. The Bertz CT molecular complexity index is 1270. The Morgan fingerprint density at radius 2 is 1.73 bits per heavy atom. The second-order valence-electron chi connectivity index (χ2n) is 7.30. The van der Waals surface area contributed by atoms with Crippen molar-refractivity contribution in [3.05, 3.63) is 88.7 Å². The van der Waals surface area contributed by atoms with E-state index in [-0.39, 0.29) is 12.4 Å². The first-order valence-corrected chi connectivity index (χ1v) is 9.66. The SMILES string of the molecule is Cc1ccc(C)c(C(=O)COC(=O)c2cc(-c3ccc(C)o3)nc3ccccc23)c1. The van der Waals surface area contributed by atoms with Gasteiger partial charge in [0, 0.05) is 10.9 Å². The van der Waals surface area contributed by atoms with Gasteiger partial charge in [-0.25, -0.2) is 9.78 Å². The summed E-state index contributed by atoms with van der Waals surface area (Å²) >= 11 is 0. The monoisotopic (exact) mass is 399 g/mol. The van der Waals surface area contributed by atoms with Crippen LogP contribution >= 0.6 is 0 Å². The summed E-state index contributed by atoms with van der Waals surface area (Å²) in [5, 5.41) is 0.661. The molecule has 0 aliphatic heterocycles. The number of hydrogen-bond acceptors (Lipinski definition) is 5. The maximum atomic E-state index is 12.9. The van der Waals surface area contributed by atoms with Crippen LogP contribution in [0, 0.1) is 20.8 Å². The number of esters is 1. The van der Waals surface area contributed by atoms with Gasteiger partial charge in [-0.3, -0.25) is 4.79 Å². The summed E-state index contributed by atoms with van der Waals surface area (Å²) in [4.78, 5) is 30.1. The number of nitrogens with zero attached hydrogens (tertiary/aromatic N) is 1. The highest BCUT2D eigenvalue weighted by Gasteiger charge is 2.18. The molecule has 0 spiro atoms. The molecule has 4 rings (SSSR count). The number of fused-ring (bicyclic) bond motifs is 1. The molecule has 5 heteroatoms. The Balaban J connectivity index is 1.64. The lowest BCUT2D eigenvalue weighted by molar-refractivity contribution is 0.0476. The zero-order valence-electron chi connectivity index (χ0n) is 17.1. The van der Waals surface area contributed by atoms with E-state index in [0.29, 0.717) is 33.5 Å². The van der Waals surface area contributed by atoms with Crippen LogP contribution in [0.3, 0.4) is 0 Å². The van der Waals surface area contributed by atoms with Crippen LogP contribution in [0.4, 0.5) is 0 Å². The van der Waals surface area contributed by atoms with Gasteiger partial charge >= 0.3 is 5.97 Å². The number of rotatable bonds is 5. The van der Waals surface area contributed by atoms with Crippen molar-refractivity contribution in [2.75, 3.05) is 6.61 Å². The zero-order chi connectivity index (χ0) is 21.3. The molecule has 0 saturated heterocycles. The van der Waals surface area contributed by atoms with Gasteiger partial charge in [-0.2, -0.15) is 0 Å². The molecule has 0 radical (unpaired) electrons. The van der Waals surface area contributed by atoms with E-state index >= 15 is 0 Å². The molecule has 5 nitrogen and oxygen atoms in total. The van der Waals surface area contributed by atoms with Gasteiger partial charge in [-0.05, 0) is 56.7 Å². The molecule has 0 saturated carbocycles. The standard InChI is InChI=1S/C25H21NO4/c1-15-8-9-16(2)19(12-15)23(27)14-29-25(28)20-13-22(24-11-10-17(3)30-24)26-21-7-5-4-6-18(20)21/h4-13H,14H2,1-3H3. The number of carbonyl (C=O) groups excluding carboxylic acids is 2. The number of furan rings is 1. The van der Waals surface area contributed by atoms with Gasteiger partial charge < -0.3 is 9.15 Å². The average molecular weight is 399 g/mol. The van der Waals surface area contributed by atoms with E-state index in [1.165, 1.54) is 0 Å². The topological polar surface area (TPSA) is 69.4 Å². The number of ether oxygens (including phenoxy) is 1. The number of para-hydroxylation sites is 1. The number of ketones is 1. The first kappa shape index (κ1) is 19.6. The molecule has 0 amide bonds. The molecule has 0 atom stereocenters. The van der Waals surface area contributed by atoms with Gasteiger partial charge in [0.2, 0.25) is 5.78 Å². The Labute approximate surface area is 174 Å². The first-order valence-electron chi connectivity index (χ1n) is 9.66. The summed E-state index contributed by atoms with van der Waals surface area (Å²) in [5.74, 6) is 0.517. The number of hydrogen-bond donors (Lipinski definition) is 0. The lowest BCUT2D eigenvalue weighted by Gasteiger charge is -2.10. The predicted octanol–water partition coefficient (Wildman–Crippen LogP) is 5.46. The summed E-state index contributed by atoms with van der Waals surface area (Å²) in [5.41, 5.74) is 3.93. The Hall–Kier alpha value is -3.73. The molecule has 0 aliphatic carbocycles. The number of pyridine rings is 1. The minimum atomic E-state index is -0.572. The highest BCUT2D eigenvalue weighted by atomic mass is 16.5. The second kappa shape index (κ2) is 7.95. The largest absolute Gasteiger partial charge is 0.460 e. The van der Waals surface area contributed by atoms with E-state index in [1.54, 1.807) is 6.07 Å². The van der Waals surface area contributed by atoms with Crippen molar-refractivity contribution in [1.82, 2.24) is 4.98 Å². The smallest absolute Gasteiger partial charge is 0.339 e. The molecule has 0 aliphatic rings. The fraction of sp³-hybridized carbons (Fsp3) is 0.160. The minimum absolute atomic E-state index is 0.232. The van der Waals surface area contributed by atoms with Crippen LogP contribution in [0.5, 0.6) is 0 Å². The number of benzene rings is 2. The van der Waals surface area contributed by atoms with Gasteiger partial charge in [0.1, 0.15) is 11.5 Å². The number of aromatic nitrogens is 1. The van der Waals surface area contributed by atoms with Crippen LogP contribution < -0.4 is 0 Å². The van der Waals surface area contributed by atoms with Crippen molar-refractivity contribution in [3.63, 3.8) is 0 Å². The number of aryl methyl sites for hydroxylation is 3. The van der Waals surface area contributed by atoms with Gasteiger partial charge in [0.25, 0.3) is 0 Å². The second-order valence-corrected chi connectivity index (χ2v) is 7.30. The quantitative estimate of drug-likeness (QED) is 0.329. The van der Waals surface area contributed by atoms with Gasteiger partial charge in [0.15, 0.2) is 12.4 Å². The molecule has 30 heavy (non-hydrogen) atoms.